The predicted octanol–water partition coefficient (Wildman–Crippen LogP) is 0.958. The van der Waals surface area contributed by atoms with Crippen molar-refractivity contribution < 1.29 is 14.7 Å². The van der Waals surface area contributed by atoms with Crippen molar-refractivity contribution in [3.05, 3.63) is 47.2 Å². The SMILES string of the molecule is O=C1CC2c3ccccc3CCC2C(=O)C1=CNCCN1CCN(CCO)CC1. The average Bonchev–Trinajstić information content (AvgIpc) is 2.74. The topological polar surface area (TPSA) is 72.9 Å². The standard InChI is InChI=1S/C23H31N3O3/c27-14-13-26-11-9-25(10-12-26)8-7-24-16-21-22(28)15-20-18-4-2-1-3-17(18)5-6-19(20)23(21)29/h1-4,16,19-20,24,27H,5-15H2. The fourth-order valence-corrected chi connectivity index (χ4v) is 4.99. The molecule has 2 fully saturated rings. The van der Waals surface area contributed by atoms with Gasteiger partial charge in [-0.2, -0.15) is 0 Å². The van der Waals surface area contributed by atoms with Gasteiger partial charge in [0.2, 0.25) is 0 Å². The molecule has 1 aliphatic heterocycles. The number of nitrogens with zero attached hydrogens (tertiary/aromatic N) is 2. The molecule has 2 aliphatic carbocycles. The third-order valence-electron chi connectivity index (χ3n) is 6.67. The van der Waals surface area contributed by atoms with Gasteiger partial charge in [-0.05, 0) is 24.0 Å². The van der Waals surface area contributed by atoms with E-state index >= 15 is 0 Å². The van der Waals surface area contributed by atoms with Crippen molar-refractivity contribution in [2.45, 2.75) is 25.2 Å². The number of fused-ring (bicyclic) bond motifs is 3. The van der Waals surface area contributed by atoms with E-state index in [0.717, 1.165) is 58.7 Å². The number of piperazine rings is 1. The maximum Gasteiger partial charge on any atom is 0.171 e. The van der Waals surface area contributed by atoms with E-state index in [1.165, 1.54) is 11.1 Å². The van der Waals surface area contributed by atoms with Crippen LogP contribution in [0.2, 0.25) is 0 Å². The summed E-state index contributed by atoms with van der Waals surface area (Å²) < 4.78 is 0. The Bertz CT molecular complexity index is 783. The molecular weight excluding hydrogens is 366 g/mol. The summed E-state index contributed by atoms with van der Waals surface area (Å²) in [5.74, 6) is -0.0217. The minimum absolute atomic E-state index is 0.0193. The van der Waals surface area contributed by atoms with Crippen LogP contribution in [0, 0.1) is 5.92 Å². The molecule has 6 nitrogen and oxygen atoms in total. The van der Waals surface area contributed by atoms with Gasteiger partial charge in [0.1, 0.15) is 0 Å². The molecule has 2 unspecified atom stereocenters. The number of aliphatic hydroxyl groups excluding tert-OH is 1. The largest absolute Gasteiger partial charge is 0.395 e. The van der Waals surface area contributed by atoms with Crippen LogP contribution in [0.5, 0.6) is 0 Å². The quantitative estimate of drug-likeness (QED) is 0.423. The molecule has 0 bridgehead atoms. The van der Waals surface area contributed by atoms with Gasteiger partial charge in [0.25, 0.3) is 0 Å². The molecule has 3 aliphatic rings. The monoisotopic (exact) mass is 397 g/mol. The summed E-state index contributed by atoms with van der Waals surface area (Å²) in [5.41, 5.74) is 2.84. The van der Waals surface area contributed by atoms with E-state index in [1.807, 2.05) is 12.1 Å². The molecule has 1 heterocycles. The molecule has 0 radical (unpaired) electrons. The summed E-state index contributed by atoms with van der Waals surface area (Å²) in [5, 5.41) is 12.2. The number of allylic oxidation sites excluding steroid dienone is 1. The number of β-amino-alcohol motifs (C(OH)–C–C–N with tert-alkyl or cyclic N) is 1. The molecule has 29 heavy (non-hydrogen) atoms. The van der Waals surface area contributed by atoms with Gasteiger partial charge < -0.3 is 10.4 Å². The van der Waals surface area contributed by atoms with Crippen molar-refractivity contribution in [1.29, 1.82) is 0 Å². The second-order valence-corrected chi connectivity index (χ2v) is 8.36. The highest BCUT2D eigenvalue weighted by atomic mass is 16.3. The summed E-state index contributed by atoms with van der Waals surface area (Å²) in [6.45, 7) is 6.49. The maximum atomic E-state index is 13.0. The molecule has 156 valence electrons. The molecule has 0 spiro atoms. The lowest BCUT2D eigenvalue weighted by Gasteiger charge is -2.36. The van der Waals surface area contributed by atoms with Crippen molar-refractivity contribution >= 4 is 11.6 Å². The van der Waals surface area contributed by atoms with E-state index in [0.29, 0.717) is 12.0 Å². The van der Waals surface area contributed by atoms with Gasteiger partial charge in [0.05, 0.1) is 12.2 Å². The first-order valence-electron chi connectivity index (χ1n) is 10.8. The van der Waals surface area contributed by atoms with Gasteiger partial charge in [-0.3, -0.25) is 19.4 Å². The fourth-order valence-electron chi connectivity index (χ4n) is 4.99. The number of nitrogens with one attached hydrogen (secondary N) is 1. The summed E-state index contributed by atoms with van der Waals surface area (Å²) in [6.07, 6.45) is 3.86. The summed E-state index contributed by atoms with van der Waals surface area (Å²) in [4.78, 5) is 30.3. The van der Waals surface area contributed by atoms with Crippen LogP contribution in [0.1, 0.15) is 29.9 Å². The van der Waals surface area contributed by atoms with E-state index in [-0.39, 0.29) is 30.0 Å². The van der Waals surface area contributed by atoms with Crippen molar-refractivity contribution in [3.63, 3.8) is 0 Å². The normalized spacial score (nSPS) is 27.0. The second-order valence-electron chi connectivity index (χ2n) is 8.36. The van der Waals surface area contributed by atoms with E-state index in [4.69, 9.17) is 5.11 Å². The van der Waals surface area contributed by atoms with Crippen LogP contribution < -0.4 is 5.32 Å². The molecule has 4 rings (SSSR count). The van der Waals surface area contributed by atoms with Crippen LogP contribution in [-0.4, -0.2) is 78.9 Å². The van der Waals surface area contributed by atoms with Crippen LogP contribution in [0.4, 0.5) is 0 Å². The number of aryl methyl sites for hydroxylation is 1. The lowest BCUT2D eigenvalue weighted by molar-refractivity contribution is -0.128. The summed E-state index contributed by atoms with van der Waals surface area (Å²) in [7, 11) is 0. The zero-order chi connectivity index (χ0) is 20.2. The van der Waals surface area contributed by atoms with Gasteiger partial charge in [-0.25, -0.2) is 0 Å². The number of hydrogen-bond donors (Lipinski definition) is 2. The third-order valence-corrected chi connectivity index (χ3v) is 6.67. The number of benzene rings is 1. The summed E-state index contributed by atoms with van der Waals surface area (Å²) >= 11 is 0. The Labute approximate surface area is 172 Å². The third kappa shape index (κ3) is 4.44. The van der Waals surface area contributed by atoms with Crippen molar-refractivity contribution in [2.24, 2.45) is 5.92 Å². The van der Waals surface area contributed by atoms with Crippen LogP contribution >= 0.6 is 0 Å². The minimum atomic E-state index is -0.0600. The Morgan fingerprint density at radius 2 is 1.76 bits per heavy atom. The Morgan fingerprint density at radius 1 is 1.03 bits per heavy atom. The van der Waals surface area contributed by atoms with Crippen LogP contribution in [0.3, 0.4) is 0 Å². The maximum absolute atomic E-state index is 13.0. The minimum Gasteiger partial charge on any atom is -0.395 e. The first-order chi connectivity index (χ1) is 14.2. The lowest BCUT2D eigenvalue weighted by atomic mass is 9.66. The number of aliphatic hydroxyl groups is 1. The van der Waals surface area contributed by atoms with Crippen molar-refractivity contribution in [2.75, 3.05) is 52.4 Å². The van der Waals surface area contributed by atoms with Crippen LogP contribution in [0.25, 0.3) is 0 Å². The number of rotatable bonds is 6. The second kappa shape index (κ2) is 9.20. The Kier molecular flexibility index (Phi) is 6.43. The average molecular weight is 398 g/mol. The number of Topliss-reactive ketones (excluding diaryl/α,β-unsaturated/α-hetero) is 2. The van der Waals surface area contributed by atoms with Crippen molar-refractivity contribution in [3.8, 4) is 0 Å². The van der Waals surface area contributed by atoms with Gasteiger partial charge in [-0.15, -0.1) is 0 Å². The molecule has 0 amide bonds. The molecule has 0 aromatic heterocycles. The first-order valence-corrected chi connectivity index (χ1v) is 10.8. The zero-order valence-corrected chi connectivity index (χ0v) is 17.0. The first kappa shape index (κ1) is 20.3. The fraction of sp³-hybridized carbons (Fsp3) is 0.565. The highest BCUT2D eigenvalue weighted by Crippen LogP contribution is 2.43. The predicted molar refractivity (Wildman–Crippen MR) is 112 cm³/mol. The highest BCUT2D eigenvalue weighted by Gasteiger charge is 2.42. The van der Waals surface area contributed by atoms with Gasteiger partial charge in [0.15, 0.2) is 11.6 Å². The van der Waals surface area contributed by atoms with Crippen molar-refractivity contribution in [1.82, 2.24) is 15.1 Å². The Morgan fingerprint density at radius 3 is 2.52 bits per heavy atom. The number of ketones is 2. The molecule has 6 heteroatoms. The zero-order valence-electron chi connectivity index (χ0n) is 17.0. The summed E-state index contributed by atoms with van der Waals surface area (Å²) in [6, 6.07) is 8.25. The molecule has 2 atom stereocenters. The molecular formula is C23H31N3O3. The van der Waals surface area contributed by atoms with Crippen LogP contribution in [-0.2, 0) is 16.0 Å². The van der Waals surface area contributed by atoms with E-state index in [2.05, 4.69) is 27.2 Å². The molecule has 1 aromatic carbocycles. The van der Waals surface area contributed by atoms with Gasteiger partial charge >= 0.3 is 0 Å². The highest BCUT2D eigenvalue weighted by molar-refractivity contribution is 6.23. The number of carbonyl (C=O) groups is 2. The molecule has 1 aromatic rings. The van der Waals surface area contributed by atoms with Gasteiger partial charge in [-0.1, -0.05) is 24.3 Å². The Hall–Kier alpha value is -2.02. The smallest absolute Gasteiger partial charge is 0.171 e. The van der Waals surface area contributed by atoms with Gasteiger partial charge in [0, 0.05) is 70.3 Å². The number of hydrogen-bond acceptors (Lipinski definition) is 6. The molecule has 2 N–H and O–H groups in total. The Balaban J connectivity index is 1.30. The number of carbonyl (C=O) groups excluding carboxylic acids is 2. The van der Waals surface area contributed by atoms with E-state index in [1.54, 1.807) is 6.20 Å². The lowest BCUT2D eigenvalue weighted by Crippen LogP contribution is -2.48. The van der Waals surface area contributed by atoms with E-state index in [9.17, 15) is 9.59 Å². The molecule has 1 saturated heterocycles. The van der Waals surface area contributed by atoms with Crippen LogP contribution in [0.15, 0.2) is 36.0 Å². The molecule has 1 saturated carbocycles. The van der Waals surface area contributed by atoms with E-state index < -0.39 is 0 Å².